The van der Waals surface area contributed by atoms with Crippen LogP contribution >= 0.6 is 34.7 Å². The lowest BCUT2D eigenvalue weighted by Crippen LogP contribution is -2.50. The van der Waals surface area contributed by atoms with Crippen molar-refractivity contribution < 1.29 is 14.3 Å². The quantitative estimate of drug-likeness (QED) is 0.0999. The fraction of sp³-hybridized carbons (Fsp3) is 0.571. The van der Waals surface area contributed by atoms with Gasteiger partial charge in [0.2, 0.25) is 5.91 Å². The highest BCUT2D eigenvalue weighted by Crippen LogP contribution is 2.29. The first kappa shape index (κ1) is 39.7. The van der Waals surface area contributed by atoms with Gasteiger partial charge in [0, 0.05) is 51.9 Å². The largest absolute Gasteiger partial charge is 0.375 e. The number of aromatic nitrogens is 3. The van der Waals surface area contributed by atoms with Gasteiger partial charge in [0.15, 0.2) is 5.13 Å². The molecule has 1 unspecified atom stereocenters. The van der Waals surface area contributed by atoms with Crippen LogP contribution in [0.4, 0.5) is 22.5 Å². The van der Waals surface area contributed by atoms with Crippen LogP contribution in [-0.2, 0) is 9.53 Å². The molecule has 3 heterocycles. The number of piperazine rings is 1. The Hall–Kier alpha value is -3.07. The zero-order valence-electron chi connectivity index (χ0n) is 29.8. The van der Waals surface area contributed by atoms with Crippen molar-refractivity contribution in [1.29, 1.82) is 0 Å². The lowest BCUT2D eigenvalue weighted by molar-refractivity contribution is -0.122. The molecule has 1 aromatic carbocycles. The van der Waals surface area contributed by atoms with E-state index in [0.29, 0.717) is 64.5 Å². The Morgan fingerprint density at radius 1 is 1.10 bits per heavy atom. The third kappa shape index (κ3) is 11.5. The van der Waals surface area contributed by atoms with Crippen molar-refractivity contribution in [3.8, 4) is 0 Å². The number of thiazole rings is 1. The van der Waals surface area contributed by atoms with Crippen LogP contribution < -0.4 is 25.7 Å². The van der Waals surface area contributed by atoms with Crippen LogP contribution in [0.25, 0.3) is 0 Å². The highest BCUT2D eigenvalue weighted by molar-refractivity contribution is 7.17. The minimum Gasteiger partial charge on any atom is -0.375 e. The summed E-state index contributed by atoms with van der Waals surface area (Å²) in [5.41, 5.74) is 1.31. The molecule has 4 rings (SSSR count). The smallest absolute Gasteiger partial charge is 0.267 e. The van der Waals surface area contributed by atoms with E-state index in [4.69, 9.17) is 28.1 Å². The summed E-state index contributed by atoms with van der Waals surface area (Å²) in [6.45, 7) is 15.6. The number of anilines is 4. The fourth-order valence-electron chi connectivity index (χ4n) is 5.99. The first-order valence-corrected chi connectivity index (χ1v) is 19.0. The highest BCUT2D eigenvalue weighted by Gasteiger charge is 2.27. The normalized spacial score (nSPS) is 14.4. The number of rotatable bonds is 19. The van der Waals surface area contributed by atoms with E-state index in [-0.39, 0.29) is 17.4 Å². The van der Waals surface area contributed by atoms with E-state index in [9.17, 15) is 9.59 Å². The molecule has 15 heteroatoms. The number of aryl methyl sites for hydroxylation is 2. The number of para-hydroxylation sites is 1. The summed E-state index contributed by atoms with van der Waals surface area (Å²) in [5.74, 6) is 2.14. The monoisotopic (exact) mass is 747 g/mol. The highest BCUT2D eigenvalue weighted by atomic mass is 35.5. The molecule has 0 spiro atoms. The molecule has 1 atom stereocenters. The molecule has 2 amide bonds. The number of ether oxygens (including phenoxy) is 1. The van der Waals surface area contributed by atoms with E-state index in [1.54, 1.807) is 6.07 Å². The second kappa shape index (κ2) is 19.5. The van der Waals surface area contributed by atoms with Gasteiger partial charge in [0.05, 0.1) is 29.1 Å². The number of hydrogen-bond donors (Lipinski definition) is 4. The van der Waals surface area contributed by atoms with E-state index in [2.05, 4.69) is 66.3 Å². The molecule has 1 aliphatic heterocycles. The molecule has 1 aliphatic rings. The van der Waals surface area contributed by atoms with Crippen LogP contribution in [0, 0.1) is 19.8 Å². The molecule has 3 aromatic rings. The van der Waals surface area contributed by atoms with Gasteiger partial charge in [0.1, 0.15) is 22.3 Å². The van der Waals surface area contributed by atoms with Crippen molar-refractivity contribution in [3.05, 3.63) is 51.7 Å². The zero-order valence-corrected chi connectivity index (χ0v) is 32.1. The molecular formula is C35H51Cl2N9O3S. The van der Waals surface area contributed by atoms with Crippen LogP contribution in [0.15, 0.2) is 30.5 Å². The number of carbonyl (C=O) groups excluding carboxylic acids is 2. The lowest BCUT2D eigenvalue weighted by Gasteiger charge is -2.35. The second-order valence-corrected chi connectivity index (χ2v) is 14.4. The van der Waals surface area contributed by atoms with Gasteiger partial charge in [0.25, 0.3) is 5.91 Å². The second-order valence-electron chi connectivity index (χ2n) is 12.7. The average Bonchev–Trinajstić information content (AvgIpc) is 3.58. The number of benzene rings is 1. The molecule has 1 saturated heterocycles. The zero-order chi connectivity index (χ0) is 36.1. The van der Waals surface area contributed by atoms with Crippen molar-refractivity contribution in [2.75, 3.05) is 68.0 Å². The van der Waals surface area contributed by atoms with Crippen molar-refractivity contribution in [3.63, 3.8) is 0 Å². The summed E-state index contributed by atoms with van der Waals surface area (Å²) >= 11 is 13.2. The van der Waals surface area contributed by atoms with Crippen molar-refractivity contribution in [2.45, 2.75) is 72.3 Å². The van der Waals surface area contributed by atoms with Gasteiger partial charge in [-0.15, -0.1) is 0 Å². The van der Waals surface area contributed by atoms with Crippen LogP contribution in [0.5, 0.6) is 0 Å². The molecule has 12 nitrogen and oxygen atoms in total. The molecule has 0 aliphatic carbocycles. The van der Waals surface area contributed by atoms with Gasteiger partial charge in [-0.2, -0.15) is 0 Å². The standard InChI is InChI=1S/C35H51Cl2N9O3S/c1-6-26(12-19-49-35(7-2,8-3)13-14-40-37)21-38-31(47)23-45-15-17-46(18-16-45)30-20-29(41-25(5)42-30)43-34-39-22-28(50-34)33(48)44-32-24(4)10-9-11-27(32)36/h9-11,20,22,26,40H,6-8,12-19,21,23H2,1-5H3,(H,38,47)(H,44,48)(H,39,41,42,43). The molecule has 0 radical (unpaired) electrons. The molecule has 2 aromatic heterocycles. The lowest BCUT2D eigenvalue weighted by atomic mass is 9.93. The number of nitrogens with one attached hydrogen (secondary N) is 4. The first-order valence-electron chi connectivity index (χ1n) is 17.4. The topological polar surface area (TPSA) is 137 Å². The Bertz CT molecular complexity index is 1530. The Kier molecular flexibility index (Phi) is 15.5. The van der Waals surface area contributed by atoms with Gasteiger partial charge < -0.3 is 25.6 Å². The van der Waals surface area contributed by atoms with E-state index in [1.165, 1.54) is 17.5 Å². The molecule has 4 N–H and O–H groups in total. The van der Waals surface area contributed by atoms with Crippen molar-refractivity contribution >= 4 is 69.0 Å². The Balaban J connectivity index is 1.22. The summed E-state index contributed by atoms with van der Waals surface area (Å²) in [5, 5.41) is 10.3. The van der Waals surface area contributed by atoms with Crippen molar-refractivity contribution in [1.82, 2.24) is 30.0 Å². The van der Waals surface area contributed by atoms with Gasteiger partial charge in [-0.25, -0.2) is 19.8 Å². The predicted molar refractivity (Wildman–Crippen MR) is 204 cm³/mol. The Labute approximate surface area is 310 Å². The molecule has 1 fully saturated rings. The first-order chi connectivity index (χ1) is 24.1. The SMILES string of the molecule is CCC(CCOC(CC)(CC)CCNCl)CNC(=O)CN1CCN(c2cc(Nc3ncc(C(=O)Nc4c(C)cccc4Cl)s3)nc(C)n2)CC1. The maximum Gasteiger partial charge on any atom is 0.267 e. The van der Waals surface area contributed by atoms with E-state index in [0.717, 1.165) is 69.7 Å². The fourth-order valence-corrected chi connectivity index (χ4v) is 7.07. The number of nitrogens with zero attached hydrogens (tertiary/aromatic N) is 5. The molecule has 0 saturated carbocycles. The van der Waals surface area contributed by atoms with Gasteiger partial charge >= 0.3 is 0 Å². The minimum atomic E-state index is -0.282. The summed E-state index contributed by atoms with van der Waals surface area (Å²) in [7, 11) is 0. The Morgan fingerprint density at radius 3 is 2.54 bits per heavy atom. The van der Waals surface area contributed by atoms with E-state index >= 15 is 0 Å². The van der Waals surface area contributed by atoms with Crippen LogP contribution in [-0.4, -0.2) is 89.7 Å². The maximum absolute atomic E-state index is 12.9. The molecule has 50 heavy (non-hydrogen) atoms. The van der Waals surface area contributed by atoms with Crippen LogP contribution in [0.2, 0.25) is 5.02 Å². The summed E-state index contributed by atoms with van der Waals surface area (Å²) < 4.78 is 6.36. The number of halogens is 2. The number of carbonyl (C=O) groups is 2. The number of hydrogen-bond acceptors (Lipinski definition) is 11. The van der Waals surface area contributed by atoms with Gasteiger partial charge in [-0.05, 0) is 68.9 Å². The minimum absolute atomic E-state index is 0.0466. The predicted octanol–water partition coefficient (Wildman–Crippen LogP) is 6.56. The van der Waals surface area contributed by atoms with Crippen LogP contribution in [0.1, 0.15) is 73.9 Å². The number of amides is 2. The summed E-state index contributed by atoms with van der Waals surface area (Å²) in [6, 6.07) is 7.36. The molecule has 0 bridgehead atoms. The van der Waals surface area contributed by atoms with Gasteiger partial charge in [-0.3, -0.25) is 14.5 Å². The van der Waals surface area contributed by atoms with E-state index in [1.807, 2.05) is 32.0 Å². The van der Waals surface area contributed by atoms with E-state index < -0.39 is 0 Å². The third-order valence-corrected chi connectivity index (χ3v) is 10.8. The maximum atomic E-state index is 12.9. The van der Waals surface area contributed by atoms with Crippen molar-refractivity contribution in [2.24, 2.45) is 5.92 Å². The summed E-state index contributed by atoms with van der Waals surface area (Å²) in [4.78, 5) is 46.9. The molecular weight excluding hydrogens is 697 g/mol. The average molecular weight is 749 g/mol. The third-order valence-electron chi connectivity index (χ3n) is 9.38. The Morgan fingerprint density at radius 2 is 1.86 bits per heavy atom. The molecule has 274 valence electrons. The van der Waals surface area contributed by atoms with Crippen LogP contribution in [0.3, 0.4) is 0 Å². The summed E-state index contributed by atoms with van der Waals surface area (Å²) in [6.07, 6.45) is 6.18. The van der Waals surface area contributed by atoms with Gasteiger partial charge in [-0.1, -0.05) is 62.3 Å².